The van der Waals surface area contributed by atoms with E-state index >= 15 is 0 Å². The molecule has 0 aliphatic carbocycles. The zero-order valence-corrected chi connectivity index (χ0v) is 16.4. The second-order valence-corrected chi connectivity index (χ2v) is 7.28. The molecule has 3 fully saturated rings. The van der Waals surface area contributed by atoms with Crippen molar-refractivity contribution >= 4 is 11.6 Å². The van der Waals surface area contributed by atoms with Crippen molar-refractivity contribution in [3.63, 3.8) is 0 Å². The molecule has 0 N–H and O–H groups in total. The van der Waals surface area contributed by atoms with Crippen LogP contribution < -0.4 is 14.2 Å². The standard InChI is InChI=1S/C20H27N3O4/c1-5-16(24)23-18(19-17(21-23)12-6-8-22(19)9-7-12)13-10-14(25-2)20(27-4)15(11-13)26-3/h10-12,18-19H,5-9H2,1-4H3/t18-,19-/m0/s1. The van der Waals surface area contributed by atoms with Crippen LogP contribution in [0.4, 0.5) is 0 Å². The number of amides is 1. The van der Waals surface area contributed by atoms with Gasteiger partial charge in [0.2, 0.25) is 11.7 Å². The zero-order chi connectivity index (χ0) is 19.1. The maximum absolute atomic E-state index is 12.7. The van der Waals surface area contributed by atoms with E-state index in [0.29, 0.717) is 29.6 Å². The van der Waals surface area contributed by atoms with Crippen molar-refractivity contribution < 1.29 is 19.0 Å². The van der Waals surface area contributed by atoms with Gasteiger partial charge in [-0.2, -0.15) is 5.10 Å². The highest BCUT2D eigenvalue weighted by Crippen LogP contribution is 2.47. The molecule has 1 aromatic rings. The summed E-state index contributed by atoms with van der Waals surface area (Å²) in [6.45, 7) is 4.00. The van der Waals surface area contributed by atoms with Crippen molar-refractivity contribution in [2.24, 2.45) is 11.0 Å². The lowest BCUT2D eigenvalue weighted by atomic mass is 9.78. The lowest BCUT2D eigenvalue weighted by Crippen LogP contribution is -2.56. The van der Waals surface area contributed by atoms with E-state index in [1.807, 2.05) is 19.1 Å². The largest absolute Gasteiger partial charge is 0.493 e. The van der Waals surface area contributed by atoms with Gasteiger partial charge in [0.05, 0.1) is 33.1 Å². The molecule has 7 nitrogen and oxygen atoms in total. The van der Waals surface area contributed by atoms with Gasteiger partial charge in [-0.05, 0) is 43.6 Å². The molecular weight excluding hydrogens is 346 g/mol. The first-order valence-corrected chi connectivity index (χ1v) is 9.57. The van der Waals surface area contributed by atoms with Gasteiger partial charge in [-0.3, -0.25) is 9.69 Å². The number of methoxy groups -OCH3 is 3. The van der Waals surface area contributed by atoms with Crippen LogP contribution in [0, 0.1) is 5.92 Å². The van der Waals surface area contributed by atoms with Gasteiger partial charge in [0.1, 0.15) is 6.04 Å². The number of hydrazone groups is 1. The Bertz CT molecular complexity index is 745. The zero-order valence-electron chi connectivity index (χ0n) is 16.4. The van der Waals surface area contributed by atoms with E-state index in [4.69, 9.17) is 19.3 Å². The fourth-order valence-corrected chi connectivity index (χ4v) is 4.69. The van der Waals surface area contributed by atoms with Crippen LogP contribution in [0.3, 0.4) is 0 Å². The Labute approximate surface area is 159 Å². The average molecular weight is 373 g/mol. The van der Waals surface area contributed by atoms with E-state index in [0.717, 1.165) is 37.2 Å². The Morgan fingerprint density at radius 2 is 1.70 bits per heavy atom. The quantitative estimate of drug-likeness (QED) is 0.793. The first kappa shape index (κ1) is 18.1. The number of hydrogen-bond donors (Lipinski definition) is 0. The van der Waals surface area contributed by atoms with Crippen LogP contribution in [-0.4, -0.2) is 62.0 Å². The lowest BCUT2D eigenvalue weighted by Gasteiger charge is -2.46. The van der Waals surface area contributed by atoms with Gasteiger partial charge in [-0.1, -0.05) is 6.92 Å². The molecule has 2 atom stereocenters. The van der Waals surface area contributed by atoms with Crippen molar-refractivity contribution in [3.05, 3.63) is 17.7 Å². The topological polar surface area (TPSA) is 63.6 Å². The highest BCUT2D eigenvalue weighted by molar-refractivity contribution is 5.97. The highest BCUT2D eigenvalue weighted by Gasteiger charge is 2.51. The average Bonchev–Trinajstić information content (AvgIpc) is 3.15. The molecule has 5 rings (SSSR count). The van der Waals surface area contributed by atoms with Crippen LogP contribution in [0.25, 0.3) is 0 Å². The van der Waals surface area contributed by atoms with Crippen molar-refractivity contribution in [1.29, 1.82) is 0 Å². The van der Waals surface area contributed by atoms with Crippen LogP contribution in [0.5, 0.6) is 17.2 Å². The molecule has 0 spiro atoms. The predicted molar refractivity (Wildman–Crippen MR) is 101 cm³/mol. The number of ether oxygens (including phenoxy) is 3. The lowest BCUT2D eigenvalue weighted by molar-refractivity contribution is -0.133. The molecule has 0 saturated carbocycles. The number of nitrogens with zero attached hydrogens (tertiary/aromatic N) is 3. The van der Waals surface area contributed by atoms with Gasteiger partial charge in [-0.15, -0.1) is 0 Å². The van der Waals surface area contributed by atoms with Gasteiger partial charge in [0, 0.05) is 12.3 Å². The van der Waals surface area contributed by atoms with E-state index < -0.39 is 0 Å². The SMILES string of the molecule is CCC(=O)N1N=C2C3CCN(CC3)[C@@H]2[C@@H]1c1cc(OC)c(OC)c(OC)c1. The van der Waals surface area contributed by atoms with Gasteiger partial charge < -0.3 is 14.2 Å². The Kier molecular flexibility index (Phi) is 4.72. The molecule has 4 heterocycles. The Morgan fingerprint density at radius 1 is 1.07 bits per heavy atom. The molecule has 0 aromatic heterocycles. The number of piperidine rings is 3. The summed E-state index contributed by atoms with van der Waals surface area (Å²) in [6, 6.07) is 3.87. The molecule has 4 aliphatic heterocycles. The normalized spacial score (nSPS) is 28.6. The van der Waals surface area contributed by atoms with Crippen LogP contribution in [0.15, 0.2) is 17.2 Å². The van der Waals surface area contributed by atoms with Gasteiger partial charge >= 0.3 is 0 Å². The predicted octanol–water partition coefficient (Wildman–Crippen LogP) is 2.46. The number of hydrogen-bond acceptors (Lipinski definition) is 6. The summed E-state index contributed by atoms with van der Waals surface area (Å²) < 4.78 is 16.5. The first-order valence-electron chi connectivity index (χ1n) is 9.57. The minimum Gasteiger partial charge on any atom is -0.493 e. The highest BCUT2D eigenvalue weighted by atomic mass is 16.5. The summed E-state index contributed by atoms with van der Waals surface area (Å²) >= 11 is 0. The van der Waals surface area contributed by atoms with E-state index in [9.17, 15) is 4.79 Å². The van der Waals surface area contributed by atoms with Crippen LogP contribution in [0.1, 0.15) is 37.8 Å². The minimum absolute atomic E-state index is 0.0382. The third-order valence-corrected chi connectivity index (χ3v) is 6.02. The van der Waals surface area contributed by atoms with E-state index in [1.165, 1.54) is 0 Å². The third kappa shape index (κ3) is 2.76. The first-order chi connectivity index (χ1) is 13.1. The maximum Gasteiger partial charge on any atom is 0.243 e. The van der Waals surface area contributed by atoms with Crippen molar-refractivity contribution in [1.82, 2.24) is 9.91 Å². The van der Waals surface area contributed by atoms with Crippen LogP contribution >= 0.6 is 0 Å². The Morgan fingerprint density at radius 3 is 2.22 bits per heavy atom. The number of carbonyl (C=O) groups excluding carboxylic acids is 1. The van der Waals surface area contributed by atoms with E-state index in [-0.39, 0.29) is 18.0 Å². The molecule has 7 heteroatoms. The Hall–Kier alpha value is -2.28. The summed E-state index contributed by atoms with van der Waals surface area (Å²) in [5, 5.41) is 6.51. The number of rotatable bonds is 5. The van der Waals surface area contributed by atoms with Gasteiger partial charge in [0.25, 0.3) is 0 Å². The van der Waals surface area contributed by atoms with Gasteiger partial charge in [-0.25, -0.2) is 5.01 Å². The minimum atomic E-state index is -0.163. The molecule has 2 bridgehead atoms. The fourth-order valence-electron chi connectivity index (χ4n) is 4.69. The smallest absolute Gasteiger partial charge is 0.243 e. The van der Waals surface area contributed by atoms with Crippen molar-refractivity contribution in [2.45, 2.75) is 38.3 Å². The monoisotopic (exact) mass is 373 g/mol. The molecule has 1 aromatic carbocycles. The molecule has 146 valence electrons. The second kappa shape index (κ2) is 7.03. The molecule has 3 saturated heterocycles. The summed E-state index contributed by atoms with van der Waals surface area (Å²) in [6.07, 6.45) is 2.69. The Balaban J connectivity index is 1.82. The number of carbonyl (C=O) groups is 1. The van der Waals surface area contributed by atoms with Crippen LogP contribution in [-0.2, 0) is 4.79 Å². The summed E-state index contributed by atoms with van der Waals surface area (Å²) in [7, 11) is 4.81. The fraction of sp³-hybridized carbons (Fsp3) is 0.600. The third-order valence-electron chi connectivity index (χ3n) is 6.02. The maximum atomic E-state index is 12.7. The number of fused-ring (bicyclic) bond motifs is 2. The molecule has 0 unspecified atom stereocenters. The number of benzene rings is 1. The summed E-state index contributed by atoms with van der Waals surface area (Å²) in [4.78, 5) is 15.2. The van der Waals surface area contributed by atoms with E-state index in [1.54, 1.807) is 26.3 Å². The summed E-state index contributed by atoms with van der Waals surface area (Å²) in [5.41, 5.74) is 2.12. The van der Waals surface area contributed by atoms with Gasteiger partial charge in [0.15, 0.2) is 11.5 Å². The summed E-state index contributed by atoms with van der Waals surface area (Å²) in [5.74, 6) is 2.28. The molecular formula is C20H27N3O4. The molecule has 0 radical (unpaired) electrons. The van der Waals surface area contributed by atoms with E-state index in [2.05, 4.69) is 4.90 Å². The van der Waals surface area contributed by atoms with Crippen LogP contribution in [0.2, 0.25) is 0 Å². The van der Waals surface area contributed by atoms with Crippen molar-refractivity contribution in [2.75, 3.05) is 34.4 Å². The van der Waals surface area contributed by atoms with Crippen molar-refractivity contribution in [3.8, 4) is 17.2 Å². The molecule has 1 amide bonds. The molecule has 27 heavy (non-hydrogen) atoms. The second-order valence-electron chi connectivity index (χ2n) is 7.28. The molecule has 4 aliphatic rings.